The van der Waals surface area contributed by atoms with Crippen molar-refractivity contribution in [2.45, 2.75) is 36.3 Å². The van der Waals surface area contributed by atoms with Crippen molar-refractivity contribution in [3.63, 3.8) is 0 Å². The normalized spacial score (nSPS) is 15.2. The summed E-state index contributed by atoms with van der Waals surface area (Å²) in [6.07, 6.45) is 4.12. The number of fused-ring (bicyclic) bond motifs is 1. The fraction of sp³-hybridized carbons (Fsp3) is 0.233. The molecule has 7 nitrogen and oxygen atoms in total. The Bertz CT molecular complexity index is 1480. The van der Waals surface area contributed by atoms with E-state index < -0.39 is 11.2 Å². The van der Waals surface area contributed by atoms with Gasteiger partial charge < -0.3 is 19.8 Å². The SMILES string of the molecule is COC(=O)c1c(NC(=O)C(Sc2cccc(NC(=O)c3ccco3)c2)c2ccccc2)sc2c1CCC(C)C2. The van der Waals surface area contributed by atoms with Crippen molar-refractivity contribution in [2.24, 2.45) is 5.92 Å². The number of nitrogens with one attached hydrogen (secondary N) is 2. The first-order valence-corrected chi connectivity index (χ1v) is 14.3. The largest absolute Gasteiger partial charge is 0.465 e. The van der Waals surface area contributed by atoms with Crippen molar-refractivity contribution in [3.05, 3.63) is 100 Å². The van der Waals surface area contributed by atoms with Crippen LogP contribution in [-0.4, -0.2) is 24.9 Å². The molecule has 39 heavy (non-hydrogen) atoms. The van der Waals surface area contributed by atoms with E-state index in [4.69, 9.17) is 9.15 Å². The van der Waals surface area contributed by atoms with Crippen LogP contribution in [0.4, 0.5) is 10.7 Å². The van der Waals surface area contributed by atoms with E-state index in [9.17, 15) is 14.4 Å². The number of hydrogen-bond acceptors (Lipinski definition) is 7. The Morgan fingerprint density at radius 1 is 1.05 bits per heavy atom. The minimum absolute atomic E-state index is 0.212. The number of carbonyl (C=O) groups is 3. The molecule has 2 aromatic carbocycles. The zero-order chi connectivity index (χ0) is 27.4. The Morgan fingerprint density at radius 2 is 1.87 bits per heavy atom. The van der Waals surface area contributed by atoms with Crippen molar-refractivity contribution in [2.75, 3.05) is 17.7 Å². The van der Waals surface area contributed by atoms with E-state index in [0.717, 1.165) is 40.2 Å². The monoisotopic (exact) mass is 560 g/mol. The van der Waals surface area contributed by atoms with Crippen molar-refractivity contribution in [3.8, 4) is 0 Å². The summed E-state index contributed by atoms with van der Waals surface area (Å²) in [6.45, 7) is 2.20. The van der Waals surface area contributed by atoms with Crippen LogP contribution in [0.5, 0.6) is 0 Å². The summed E-state index contributed by atoms with van der Waals surface area (Å²) in [6, 6.07) is 20.0. The number of amides is 2. The zero-order valence-corrected chi connectivity index (χ0v) is 23.2. The predicted molar refractivity (Wildman–Crippen MR) is 154 cm³/mol. The molecule has 0 saturated carbocycles. The van der Waals surface area contributed by atoms with Crippen molar-refractivity contribution < 1.29 is 23.5 Å². The van der Waals surface area contributed by atoms with Gasteiger partial charge in [0, 0.05) is 15.5 Å². The van der Waals surface area contributed by atoms with Crippen molar-refractivity contribution in [1.82, 2.24) is 0 Å². The smallest absolute Gasteiger partial charge is 0.341 e. The van der Waals surface area contributed by atoms with Crippen LogP contribution in [0, 0.1) is 5.92 Å². The molecule has 0 radical (unpaired) electrons. The standard InChI is InChI=1S/C30H28N2O5S2/c1-18-13-14-22-24(16-18)39-29(25(22)30(35)36-2)32-28(34)26(19-8-4-3-5-9-19)38-21-11-6-10-20(17-21)31-27(33)23-12-7-15-37-23/h3-12,15,17-18,26H,13-14,16H2,1-2H3,(H,31,33)(H,32,34). The van der Waals surface area contributed by atoms with Crippen LogP contribution in [0.25, 0.3) is 0 Å². The van der Waals surface area contributed by atoms with E-state index in [1.165, 1.54) is 36.5 Å². The molecule has 0 aliphatic heterocycles. The zero-order valence-electron chi connectivity index (χ0n) is 21.6. The molecule has 2 unspecified atom stereocenters. The highest BCUT2D eigenvalue weighted by atomic mass is 32.2. The summed E-state index contributed by atoms with van der Waals surface area (Å²) >= 11 is 2.83. The Kier molecular flexibility index (Phi) is 8.18. The second-order valence-corrected chi connectivity index (χ2v) is 11.7. The lowest BCUT2D eigenvalue weighted by atomic mass is 9.88. The minimum Gasteiger partial charge on any atom is -0.465 e. The van der Waals surface area contributed by atoms with E-state index in [-0.39, 0.29) is 17.6 Å². The van der Waals surface area contributed by atoms with Crippen LogP contribution in [-0.2, 0) is 22.4 Å². The molecule has 0 bridgehead atoms. The van der Waals surface area contributed by atoms with Crippen LogP contribution >= 0.6 is 23.1 Å². The number of esters is 1. The molecule has 0 saturated heterocycles. The highest BCUT2D eigenvalue weighted by molar-refractivity contribution is 8.00. The van der Waals surface area contributed by atoms with Gasteiger partial charge >= 0.3 is 5.97 Å². The second kappa shape index (κ2) is 11.9. The molecule has 1 aliphatic rings. The fourth-order valence-corrected chi connectivity index (χ4v) is 7.10. The van der Waals surface area contributed by atoms with Crippen LogP contribution in [0.2, 0.25) is 0 Å². The molecule has 200 valence electrons. The van der Waals surface area contributed by atoms with Crippen LogP contribution in [0.1, 0.15) is 55.5 Å². The molecular formula is C30H28N2O5S2. The maximum atomic E-state index is 13.8. The van der Waals surface area contributed by atoms with Gasteiger partial charge in [0.1, 0.15) is 10.3 Å². The van der Waals surface area contributed by atoms with Crippen molar-refractivity contribution >= 4 is 51.6 Å². The Labute approximate surface area is 235 Å². The van der Waals surface area contributed by atoms with Gasteiger partial charge in [-0.05, 0) is 66.6 Å². The van der Waals surface area contributed by atoms with Crippen molar-refractivity contribution in [1.29, 1.82) is 0 Å². The first kappa shape index (κ1) is 26.8. The second-order valence-electron chi connectivity index (χ2n) is 9.40. The molecule has 0 fully saturated rings. The van der Waals surface area contributed by atoms with E-state index >= 15 is 0 Å². The van der Waals surface area contributed by atoms with Gasteiger partial charge in [0.25, 0.3) is 5.91 Å². The quantitative estimate of drug-likeness (QED) is 0.178. The van der Waals surface area contributed by atoms with E-state index in [2.05, 4.69) is 17.6 Å². The number of ether oxygens (including phenoxy) is 1. The molecule has 2 heterocycles. The summed E-state index contributed by atoms with van der Waals surface area (Å²) in [5, 5.41) is 5.81. The number of rotatable bonds is 8. The van der Waals surface area contributed by atoms with Gasteiger partial charge in [-0.2, -0.15) is 0 Å². The number of furan rings is 1. The van der Waals surface area contributed by atoms with Crippen LogP contribution < -0.4 is 10.6 Å². The number of methoxy groups -OCH3 is 1. The minimum atomic E-state index is -0.606. The Hall–Kier alpha value is -3.82. The molecule has 4 aromatic rings. The third kappa shape index (κ3) is 6.10. The van der Waals surface area contributed by atoms with Gasteiger partial charge in [-0.15, -0.1) is 23.1 Å². The molecule has 1 aliphatic carbocycles. The summed E-state index contributed by atoms with van der Waals surface area (Å²) in [5.74, 6) is -0.289. The number of thioether (sulfide) groups is 1. The molecular weight excluding hydrogens is 532 g/mol. The fourth-order valence-electron chi connectivity index (χ4n) is 4.62. The lowest BCUT2D eigenvalue weighted by Gasteiger charge is -2.18. The summed E-state index contributed by atoms with van der Waals surface area (Å²) in [5.41, 5.74) is 2.86. The van der Waals surface area contributed by atoms with Gasteiger partial charge in [-0.3, -0.25) is 9.59 Å². The lowest BCUT2D eigenvalue weighted by Crippen LogP contribution is -2.20. The number of thiophene rings is 1. The van der Waals surface area contributed by atoms with Crippen LogP contribution in [0.15, 0.2) is 82.3 Å². The van der Waals surface area contributed by atoms with Gasteiger partial charge in [0.15, 0.2) is 5.76 Å². The maximum Gasteiger partial charge on any atom is 0.341 e. The molecule has 5 rings (SSSR count). The summed E-state index contributed by atoms with van der Waals surface area (Å²) < 4.78 is 10.3. The highest BCUT2D eigenvalue weighted by Gasteiger charge is 2.31. The first-order valence-electron chi connectivity index (χ1n) is 12.6. The van der Waals surface area contributed by atoms with Gasteiger partial charge in [-0.25, -0.2) is 4.79 Å². The number of hydrogen-bond donors (Lipinski definition) is 2. The number of anilines is 2. The topological polar surface area (TPSA) is 97.6 Å². The Balaban J connectivity index is 1.41. The molecule has 0 spiro atoms. The van der Waals surface area contributed by atoms with Gasteiger partial charge in [-0.1, -0.05) is 43.3 Å². The third-order valence-corrected chi connectivity index (χ3v) is 8.99. The lowest BCUT2D eigenvalue weighted by molar-refractivity contribution is -0.115. The molecule has 2 amide bonds. The number of carbonyl (C=O) groups excluding carboxylic acids is 3. The molecule has 2 N–H and O–H groups in total. The van der Waals surface area contributed by atoms with E-state index in [1.54, 1.807) is 18.2 Å². The van der Waals surface area contributed by atoms with Gasteiger partial charge in [0.2, 0.25) is 5.91 Å². The number of benzene rings is 2. The summed E-state index contributed by atoms with van der Waals surface area (Å²) in [4.78, 5) is 40.9. The highest BCUT2D eigenvalue weighted by Crippen LogP contribution is 2.42. The molecule has 2 atom stereocenters. The first-order chi connectivity index (χ1) is 18.9. The maximum absolute atomic E-state index is 13.8. The molecule has 2 aromatic heterocycles. The Morgan fingerprint density at radius 3 is 2.62 bits per heavy atom. The van der Waals surface area contributed by atoms with Crippen LogP contribution in [0.3, 0.4) is 0 Å². The summed E-state index contributed by atoms with van der Waals surface area (Å²) in [7, 11) is 1.36. The average molecular weight is 561 g/mol. The van der Waals surface area contributed by atoms with E-state index in [1.807, 2.05) is 48.5 Å². The van der Waals surface area contributed by atoms with Gasteiger partial charge in [0.05, 0.1) is 18.9 Å². The molecule has 9 heteroatoms. The average Bonchev–Trinajstić information content (AvgIpc) is 3.60. The third-order valence-electron chi connectivity index (χ3n) is 6.57. The van der Waals surface area contributed by atoms with E-state index in [0.29, 0.717) is 22.2 Å². The predicted octanol–water partition coefficient (Wildman–Crippen LogP) is 6.98.